The summed E-state index contributed by atoms with van der Waals surface area (Å²) in [5.74, 6) is 0. The average Bonchev–Trinajstić information content (AvgIpc) is 2.45. The summed E-state index contributed by atoms with van der Waals surface area (Å²) in [5, 5.41) is 0. The van der Waals surface area contributed by atoms with Crippen LogP contribution in [0.25, 0.3) is 0 Å². The number of hydrogen-bond acceptors (Lipinski definition) is 3. The second-order valence-electron chi connectivity index (χ2n) is 3.43. The molecule has 0 aromatic heterocycles. The molecule has 1 fully saturated rings. The SMILES string of the molecule is C=C1C[C@H](CCC=O)OC1CCN. The molecule has 0 saturated carbocycles. The van der Waals surface area contributed by atoms with Gasteiger partial charge in [-0.2, -0.15) is 0 Å². The molecule has 1 aliphatic heterocycles. The maximum atomic E-state index is 10.2. The van der Waals surface area contributed by atoms with Crippen molar-refractivity contribution in [2.75, 3.05) is 6.54 Å². The lowest BCUT2D eigenvalue weighted by molar-refractivity contribution is -0.108. The summed E-state index contributed by atoms with van der Waals surface area (Å²) in [6, 6.07) is 0. The second-order valence-corrected chi connectivity index (χ2v) is 3.43. The van der Waals surface area contributed by atoms with Gasteiger partial charge in [0.25, 0.3) is 0 Å². The first-order valence-electron chi connectivity index (χ1n) is 4.74. The van der Waals surface area contributed by atoms with Gasteiger partial charge in [-0.25, -0.2) is 0 Å². The first-order chi connectivity index (χ1) is 6.27. The van der Waals surface area contributed by atoms with Crippen LogP contribution in [0.1, 0.15) is 25.7 Å². The number of carbonyl (C=O) groups excluding carboxylic acids is 1. The molecule has 0 radical (unpaired) electrons. The van der Waals surface area contributed by atoms with Crippen molar-refractivity contribution >= 4 is 6.29 Å². The van der Waals surface area contributed by atoms with Gasteiger partial charge in [-0.15, -0.1) is 0 Å². The molecule has 1 saturated heterocycles. The Labute approximate surface area is 78.9 Å². The van der Waals surface area contributed by atoms with E-state index in [1.165, 1.54) is 0 Å². The minimum Gasteiger partial charge on any atom is -0.370 e. The van der Waals surface area contributed by atoms with E-state index < -0.39 is 0 Å². The van der Waals surface area contributed by atoms with Crippen molar-refractivity contribution in [3.63, 3.8) is 0 Å². The van der Waals surface area contributed by atoms with Gasteiger partial charge < -0.3 is 15.3 Å². The third-order valence-corrected chi connectivity index (χ3v) is 2.34. The van der Waals surface area contributed by atoms with E-state index in [9.17, 15) is 4.79 Å². The molecule has 1 aliphatic rings. The summed E-state index contributed by atoms with van der Waals surface area (Å²) in [6.07, 6.45) is 4.37. The van der Waals surface area contributed by atoms with Gasteiger partial charge >= 0.3 is 0 Å². The molecular weight excluding hydrogens is 166 g/mol. The number of aldehydes is 1. The fourth-order valence-electron chi connectivity index (χ4n) is 1.65. The molecule has 0 aromatic carbocycles. The van der Waals surface area contributed by atoms with Gasteiger partial charge in [0.2, 0.25) is 0 Å². The molecule has 0 amide bonds. The number of nitrogens with two attached hydrogens (primary N) is 1. The first kappa shape index (κ1) is 10.4. The highest BCUT2D eigenvalue weighted by molar-refractivity contribution is 5.49. The van der Waals surface area contributed by atoms with E-state index in [2.05, 4.69) is 6.58 Å². The Morgan fingerprint density at radius 2 is 2.38 bits per heavy atom. The fourth-order valence-corrected chi connectivity index (χ4v) is 1.65. The molecule has 74 valence electrons. The molecule has 3 heteroatoms. The molecule has 0 bridgehead atoms. The molecule has 2 N–H and O–H groups in total. The van der Waals surface area contributed by atoms with E-state index >= 15 is 0 Å². The first-order valence-corrected chi connectivity index (χ1v) is 4.74. The predicted octanol–water partition coefficient (Wildman–Crippen LogP) is 1.03. The predicted molar refractivity (Wildman–Crippen MR) is 51.4 cm³/mol. The van der Waals surface area contributed by atoms with Gasteiger partial charge in [0.05, 0.1) is 12.2 Å². The summed E-state index contributed by atoms with van der Waals surface area (Å²) in [5.41, 5.74) is 6.57. The molecule has 1 heterocycles. The van der Waals surface area contributed by atoms with E-state index in [1.807, 2.05) is 0 Å². The molecule has 3 nitrogen and oxygen atoms in total. The monoisotopic (exact) mass is 183 g/mol. The summed E-state index contributed by atoms with van der Waals surface area (Å²) >= 11 is 0. The zero-order chi connectivity index (χ0) is 9.68. The van der Waals surface area contributed by atoms with Crippen LogP contribution < -0.4 is 5.73 Å². The highest BCUT2D eigenvalue weighted by Crippen LogP contribution is 2.28. The molecule has 1 unspecified atom stereocenters. The minimum atomic E-state index is 0.127. The van der Waals surface area contributed by atoms with E-state index in [0.29, 0.717) is 13.0 Å². The zero-order valence-electron chi connectivity index (χ0n) is 7.87. The second kappa shape index (κ2) is 5.14. The van der Waals surface area contributed by atoms with Crippen molar-refractivity contribution in [2.24, 2.45) is 5.73 Å². The van der Waals surface area contributed by atoms with Crippen LogP contribution in [0.5, 0.6) is 0 Å². The Balaban J connectivity index is 2.31. The normalized spacial score (nSPS) is 27.9. The van der Waals surface area contributed by atoms with Crippen molar-refractivity contribution in [2.45, 2.75) is 37.9 Å². The quantitative estimate of drug-likeness (QED) is 0.511. The smallest absolute Gasteiger partial charge is 0.120 e. The Kier molecular flexibility index (Phi) is 4.12. The largest absolute Gasteiger partial charge is 0.370 e. The fraction of sp³-hybridized carbons (Fsp3) is 0.700. The maximum absolute atomic E-state index is 10.2. The lowest BCUT2D eigenvalue weighted by Gasteiger charge is -2.11. The number of hydrogen-bond donors (Lipinski definition) is 1. The lowest BCUT2D eigenvalue weighted by Crippen LogP contribution is -2.16. The highest BCUT2D eigenvalue weighted by Gasteiger charge is 2.27. The molecule has 0 aliphatic carbocycles. The third kappa shape index (κ3) is 2.94. The third-order valence-electron chi connectivity index (χ3n) is 2.34. The molecule has 0 aromatic rings. The van der Waals surface area contributed by atoms with Gasteiger partial charge in [0, 0.05) is 6.42 Å². The van der Waals surface area contributed by atoms with Gasteiger partial charge in [-0.1, -0.05) is 6.58 Å². The van der Waals surface area contributed by atoms with E-state index in [4.69, 9.17) is 10.5 Å². The number of ether oxygens (including phenoxy) is 1. The van der Waals surface area contributed by atoms with Crippen molar-refractivity contribution < 1.29 is 9.53 Å². The molecule has 2 atom stereocenters. The van der Waals surface area contributed by atoms with Crippen LogP contribution in [0.4, 0.5) is 0 Å². The summed E-state index contributed by atoms with van der Waals surface area (Å²) < 4.78 is 5.68. The minimum absolute atomic E-state index is 0.127. The van der Waals surface area contributed by atoms with Crippen LogP contribution in [-0.4, -0.2) is 25.0 Å². The van der Waals surface area contributed by atoms with Crippen LogP contribution in [-0.2, 0) is 9.53 Å². The number of carbonyl (C=O) groups is 1. The Morgan fingerprint density at radius 3 is 3.00 bits per heavy atom. The van der Waals surface area contributed by atoms with E-state index in [-0.39, 0.29) is 12.2 Å². The van der Waals surface area contributed by atoms with Gasteiger partial charge in [-0.05, 0) is 31.4 Å². The topological polar surface area (TPSA) is 52.3 Å². The van der Waals surface area contributed by atoms with Crippen LogP contribution in [0, 0.1) is 0 Å². The maximum Gasteiger partial charge on any atom is 0.120 e. The Hall–Kier alpha value is -0.670. The van der Waals surface area contributed by atoms with Gasteiger partial charge in [-0.3, -0.25) is 0 Å². The average molecular weight is 183 g/mol. The molecule has 0 spiro atoms. The van der Waals surface area contributed by atoms with Crippen LogP contribution in [0.2, 0.25) is 0 Å². The molecule has 1 rings (SSSR count). The van der Waals surface area contributed by atoms with Crippen LogP contribution in [0.15, 0.2) is 12.2 Å². The summed E-state index contributed by atoms with van der Waals surface area (Å²) in [6.45, 7) is 4.57. The zero-order valence-corrected chi connectivity index (χ0v) is 7.87. The summed E-state index contributed by atoms with van der Waals surface area (Å²) in [4.78, 5) is 10.2. The van der Waals surface area contributed by atoms with Crippen LogP contribution in [0.3, 0.4) is 0 Å². The molecular formula is C10H17NO2. The standard InChI is InChI=1S/C10H17NO2/c1-8-7-9(3-2-6-12)13-10(8)4-5-11/h6,9-10H,1-5,7,11H2/t9-,10?/m0/s1. The van der Waals surface area contributed by atoms with Crippen molar-refractivity contribution in [1.29, 1.82) is 0 Å². The van der Waals surface area contributed by atoms with E-state index in [1.54, 1.807) is 0 Å². The van der Waals surface area contributed by atoms with E-state index in [0.717, 1.165) is 31.1 Å². The summed E-state index contributed by atoms with van der Waals surface area (Å²) in [7, 11) is 0. The van der Waals surface area contributed by atoms with Gasteiger partial charge in [0.15, 0.2) is 0 Å². The highest BCUT2D eigenvalue weighted by atomic mass is 16.5. The van der Waals surface area contributed by atoms with Crippen molar-refractivity contribution in [3.05, 3.63) is 12.2 Å². The Morgan fingerprint density at radius 1 is 1.62 bits per heavy atom. The molecule has 13 heavy (non-hydrogen) atoms. The lowest BCUT2D eigenvalue weighted by atomic mass is 10.0. The van der Waals surface area contributed by atoms with Gasteiger partial charge in [0.1, 0.15) is 6.29 Å². The van der Waals surface area contributed by atoms with Crippen molar-refractivity contribution in [1.82, 2.24) is 0 Å². The number of rotatable bonds is 5. The van der Waals surface area contributed by atoms with Crippen molar-refractivity contribution in [3.8, 4) is 0 Å². The Bertz CT molecular complexity index is 191. The van der Waals surface area contributed by atoms with Crippen LogP contribution >= 0.6 is 0 Å².